The Morgan fingerprint density at radius 3 is 2.89 bits per heavy atom. The number of hydrogen-bond acceptors (Lipinski definition) is 7. The van der Waals surface area contributed by atoms with E-state index in [1.165, 1.54) is 0 Å². The Balaban J connectivity index is 1.74. The summed E-state index contributed by atoms with van der Waals surface area (Å²) in [6.07, 6.45) is -0.456. The maximum Gasteiger partial charge on any atom is 0.415 e. The lowest BCUT2D eigenvalue weighted by molar-refractivity contribution is 0.0415. The predicted molar refractivity (Wildman–Crippen MR) is 97.5 cm³/mol. The molecule has 1 fully saturated rings. The average molecular weight is 381 g/mol. The summed E-state index contributed by atoms with van der Waals surface area (Å²) in [4.78, 5) is 14.2. The quantitative estimate of drug-likeness (QED) is 0.811. The number of amides is 1. The Labute approximate surface area is 161 Å². The first-order chi connectivity index (χ1) is 13.6. The second kappa shape index (κ2) is 7.25. The van der Waals surface area contributed by atoms with Crippen LogP contribution in [-0.4, -0.2) is 47.5 Å². The maximum absolute atomic E-state index is 12.6. The maximum atomic E-state index is 12.6. The Bertz CT molecular complexity index is 984. The van der Waals surface area contributed by atoms with Gasteiger partial charge in [0.2, 0.25) is 11.8 Å². The predicted octanol–water partition coefficient (Wildman–Crippen LogP) is 1.77. The van der Waals surface area contributed by atoms with Crippen LogP contribution < -0.4 is 15.2 Å². The first-order valence-corrected chi connectivity index (χ1v) is 8.86. The van der Waals surface area contributed by atoms with Crippen LogP contribution in [0, 0.1) is 18.3 Å². The number of rotatable bonds is 2. The lowest BCUT2D eigenvalue weighted by Gasteiger charge is -2.28. The molecule has 3 N–H and O–H groups in total. The number of nitrogens with one attached hydrogen (secondary N) is 1. The van der Waals surface area contributed by atoms with Crippen LogP contribution in [0.1, 0.15) is 22.7 Å². The normalized spacial score (nSPS) is 18.9. The zero-order chi connectivity index (χ0) is 19.7. The van der Waals surface area contributed by atoms with Crippen LogP contribution in [-0.2, 0) is 4.74 Å². The van der Waals surface area contributed by atoms with Crippen LogP contribution in [0.4, 0.5) is 4.79 Å². The standard InChI is InChI=1S/C19H19N5O4/c1-11-15-16(13(10-20)17(21)28-18(15)23-22-11)12-4-2-3-5-14(12)27-19(25)24-6-8-26-9-7-24/h2-5,16H,6-9,21H2,1H3,(H,22,23)/t16-/m1/s1. The molecule has 3 heterocycles. The molecular weight excluding hydrogens is 362 g/mol. The van der Waals surface area contributed by atoms with E-state index >= 15 is 0 Å². The molecule has 9 heteroatoms. The number of H-pyrrole nitrogens is 1. The summed E-state index contributed by atoms with van der Waals surface area (Å²) in [5, 5.41) is 16.7. The molecule has 144 valence electrons. The minimum atomic E-state index is -0.554. The number of carbonyl (C=O) groups is 1. The summed E-state index contributed by atoms with van der Waals surface area (Å²) in [7, 11) is 0. The molecule has 2 aliphatic rings. The average Bonchev–Trinajstić information content (AvgIpc) is 3.08. The Kier molecular flexibility index (Phi) is 4.63. The van der Waals surface area contributed by atoms with Crippen molar-refractivity contribution in [2.45, 2.75) is 12.8 Å². The molecule has 0 bridgehead atoms. The number of aromatic nitrogens is 2. The monoisotopic (exact) mass is 381 g/mol. The fraction of sp³-hybridized carbons (Fsp3) is 0.316. The van der Waals surface area contributed by atoms with Crippen molar-refractivity contribution in [1.82, 2.24) is 15.1 Å². The van der Waals surface area contributed by atoms with Gasteiger partial charge in [-0.15, -0.1) is 5.10 Å². The zero-order valence-electron chi connectivity index (χ0n) is 15.3. The molecule has 0 radical (unpaired) electrons. The summed E-state index contributed by atoms with van der Waals surface area (Å²) < 4.78 is 16.4. The summed E-state index contributed by atoms with van der Waals surface area (Å²) >= 11 is 0. The number of carbonyl (C=O) groups excluding carboxylic acids is 1. The number of aryl methyl sites for hydroxylation is 1. The number of benzene rings is 1. The van der Waals surface area contributed by atoms with Crippen molar-refractivity contribution < 1.29 is 19.0 Å². The minimum Gasteiger partial charge on any atom is -0.420 e. The summed E-state index contributed by atoms with van der Waals surface area (Å²) in [6, 6.07) is 9.21. The number of fused-ring (bicyclic) bond motifs is 1. The third-order valence-corrected chi connectivity index (χ3v) is 4.83. The number of para-hydroxylation sites is 1. The molecule has 2 aliphatic heterocycles. The van der Waals surface area contributed by atoms with Gasteiger partial charge in [-0.25, -0.2) is 4.79 Å². The third kappa shape index (κ3) is 3.04. The lowest BCUT2D eigenvalue weighted by atomic mass is 9.83. The smallest absolute Gasteiger partial charge is 0.415 e. The van der Waals surface area contributed by atoms with Gasteiger partial charge in [-0.3, -0.25) is 5.10 Å². The molecule has 1 aromatic heterocycles. The highest BCUT2D eigenvalue weighted by Gasteiger charge is 2.36. The van der Waals surface area contributed by atoms with Crippen molar-refractivity contribution in [2.75, 3.05) is 26.3 Å². The van der Waals surface area contributed by atoms with Gasteiger partial charge in [-0.1, -0.05) is 18.2 Å². The van der Waals surface area contributed by atoms with Crippen LogP contribution in [0.25, 0.3) is 0 Å². The molecule has 0 aliphatic carbocycles. The molecule has 2 aromatic rings. The fourth-order valence-corrected chi connectivity index (χ4v) is 3.43. The molecule has 1 atom stereocenters. The van der Waals surface area contributed by atoms with Gasteiger partial charge in [-0.2, -0.15) is 5.26 Å². The van der Waals surface area contributed by atoms with E-state index in [0.717, 1.165) is 5.69 Å². The second-order valence-electron chi connectivity index (χ2n) is 6.50. The summed E-state index contributed by atoms with van der Waals surface area (Å²) in [6.45, 7) is 3.73. The van der Waals surface area contributed by atoms with E-state index in [1.807, 2.05) is 13.0 Å². The van der Waals surface area contributed by atoms with E-state index in [1.54, 1.807) is 23.1 Å². The van der Waals surface area contributed by atoms with Gasteiger partial charge in [0.15, 0.2) is 0 Å². The second-order valence-corrected chi connectivity index (χ2v) is 6.50. The summed E-state index contributed by atoms with van der Waals surface area (Å²) in [5.41, 5.74) is 8.28. The SMILES string of the molecule is Cc1[nH]nc2c1[C@H](c1ccccc1OC(=O)N1CCOCC1)C(C#N)=C(N)O2. The number of aromatic amines is 1. The van der Waals surface area contributed by atoms with E-state index in [-0.39, 0.29) is 11.5 Å². The molecule has 9 nitrogen and oxygen atoms in total. The minimum absolute atomic E-state index is 0.0131. The van der Waals surface area contributed by atoms with Gasteiger partial charge in [0.05, 0.1) is 19.1 Å². The Hall–Kier alpha value is -3.51. The molecule has 4 rings (SSSR count). The van der Waals surface area contributed by atoms with E-state index < -0.39 is 12.0 Å². The largest absolute Gasteiger partial charge is 0.420 e. The van der Waals surface area contributed by atoms with Crippen LogP contribution in [0.2, 0.25) is 0 Å². The van der Waals surface area contributed by atoms with Gasteiger partial charge in [0.1, 0.15) is 17.4 Å². The molecule has 1 aromatic carbocycles. The number of nitrogens with zero attached hydrogens (tertiary/aromatic N) is 3. The van der Waals surface area contributed by atoms with E-state index in [4.69, 9.17) is 19.9 Å². The van der Waals surface area contributed by atoms with Gasteiger partial charge >= 0.3 is 6.09 Å². The van der Waals surface area contributed by atoms with Gasteiger partial charge in [0.25, 0.3) is 0 Å². The molecule has 0 unspecified atom stereocenters. The molecule has 28 heavy (non-hydrogen) atoms. The molecule has 0 spiro atoms. The highest BCUT2D eigenvalue weighted by Crippen LogP contribution is 2.45. The van der Waals surface area contributed by atoms with Crippen LogP contribution in [0.3, 0.4) is 0 Å². The number of nitriles is 1. The fourth-order valence-electron chi connectivity index (χ4n) is 3.43. The Morgan fingerprint density at radius 2 is 2.14 bits per heavy atom. The molecule has 1 amide bonds. The van der Waals surface area contributed by atoms with Crippen molar-refractivity contribution in [3.63, 3.8) is 0 Å². The first-order valence-electron chi connectivity index (χ1n) is 8.86. The van der Waals surface area contributed by atoms with Crippen LogP contribution in [0.5, 0.6) is 11.6 Å². The highest BCUT2D eigenvalue weighted by atomic mass is 16.6. The Morgan fingerprint density at radius 1 is 1.39 bits per heavy atom. The van der Waals surface area contributed by atoms with Crippen molar-refractivity contribution >= 4 is 6.09 Å². The van der Waals surface area contributed by atoms with Crippen molar-refractivity contribution in [3.8, 4) is 17.7 Å². The van der Waals surface area contributed by atoms with Gasteiger partial charge in [0, 0.05) is 29.9 Å². The van der Waals surface area contributed by atoms with Gasteiger partial charge < -0.3 is 24.8 Å². The van der Waals surface area contributed by atoms with Gasteiger partial charge in [-0.05, 0) is 13.0 Å². The highest BCUT2D eigenvalue weighted by molar-refractivity contribution is 5.72. The number of hydrogen-bond donors (Lipinski definition) is 2. The number of ether oxygens (including phenoxy) is 3. The molecule has 1 saturated heterocycles. The lowest BCUT2D eigenvalue weighted by Crippen LogP contribution is -2.42. The first kappa shape index (κ1) is 17.9. The van der Waals surface area contributed by atoms with E-state index in [2.05, 4.69) is 16.3 Å². The topological polar surface area (TPSA) is 126 Å². The molecule has 0 saturated carbocycles. The van der Waals surface area contributed by atoms with Crippen molar-refractivity contribution in [3.05, 3.63) is 52.5 Å². The van der Waals surface area contributed by atoms with E-state index in [0.29, 0.717) is 49.1 Å². The number of allylic oxidation sites excluding steroid dienone is 1. The van der Waals surface area contributed by atoms with Crippen molar-refractivity contribution in [1.29, 1.82) is 5.26 Å². The summed E-state index contributed by atoms with van der Waals surface area (Å²) in [5.74, 6) is 0.105. The third-order valence-electron chi connectivity index (χ3n) is 4.83. The zero-order valence-corrected chi connectivity index (χ0v) is 15.3. The van der Waals surface area contributed by atoms with Crippen molar-refractivity contribution in [2.24, 2.45) is 5.73 Å². The number of nitrogens with two attached hydrogens (primary N) is 1. The van der Waals surface area contributed by atoms with Crippen LogP contribution >= 0.6 is 0 Å². The number of morpholine rings is 1. The molecular formula is C19H19N5O4. The van der Waals surface area contributed by atoms with E-state index in [9.17, 15) is 10.1 Å². The van der Waals surface area contributed by atoms with Crippen LogP contribution in [0.15, 0.2) is 35.7 Å².